The van der Waals surface area contributed by atoms with E-state index in [0.717, 1.165) is 12.8 Å². The Hall–Kier alpha value is -2.18. The standard InChI is InChI=1S/C17H26N4O3/c1-3-4-5-6-7-8-9-10-15(22)24-13(2)21-16-14(11-20-21)17(23)19-12-18-16/h11-13H,3-10H2,1-2H3,(H,18,19,23). The first-order chi connectivity index (χ1) is 11.6. The maximum Gasteiger partial charge on any atom is 0.307 e. The van der Waals surface area contributed by atoms with Crippen molar-refractivity contribution in [3.63, 3.8) is 0 Å². The number of hydrogen-bond donors (Lipinski definition) is 1. The van der Waals surface area contributed by atoms with Gasteiger partial charge in [-0.05, 0) is 13.3 Å². The summed E-state index contributed by atoms with van der Waals surface area (Å²) in [5.41, 5.74) is 0.155. The van der Waals surface area contributed by atoms with Crippen molar-refractivity contribution in [1.82, 2.24) is 19.7 Å². The van der Waals surface area contributed by atoms with E-state index in [9.17, 15) is 9.59 Å². The second-order valence-corrected chi connectivity index (χ2v) is 6.02. The van der Waals surface area contributed by atoms with Crippen LogP contribution in [-0.2, 0) is 9.53 Å². The first-order valence-electron chi connectivity index (χ1n) is 8.74. The van der Waals surface area contributed by atoms with E-state index in [1.54, 1.807) is 6.92 Å². The molecule has 0 saturated heterocycles. The molecule has 2 aromatic rings. The maximum absolute atomic E-state index is 11.9. The molecule has 0 radical (unpaired) electrons. The van der Waals surface area contributed by atoms with E-state index in [2.05, 4.69) is 22.0 Å². The summed E-state index contributed by atoms with van der Waals surface area (Å²) >= 11 is 0. The lowest BCUT2D eigenvalue weighted by Crippen LogP contribution is -2.16. The minimum absolute atomic E-state index is 0.246. The predicted octanol–water partition coefficient (Wildman–Crippen LogP) is 3.32. The number of nitrogens with one attached hydrogen (secondary N) is 1. The topological polar surface area (TPSA) is 89.9 Å². The van der Waals surface area contributed by atoms with Gasteiger partial charge in [0.2, 0.25) is 0 Å². The van der Waals surface area contributed by atoms with Crippen LogP contribution in [0.4, 0.5) is 0 Å². The highest BCUT2D eigenvalue weighted by Crippen LogP contribution is 2.15. The average Bonchev–Trinajstić information content (AvgIpc) is 2.99. The van der Waals surface area contributed by atoms with Gasteiger partial charge in [0.05, 0.1) is 12.5 Å². The van der Waals surface area contributed by atoms with Gasteiger partial charge in [-0.1, -0.05) is 45.4 Å². The van der Waals surface area contributed by atoms with Crippen LogP contribution in [0, 0.1) is 0 Å². The summed E-state index contributed by atoms with van der Waals surface area (Å²) in [4.78, 5) is 30.2. The Labute approximate surface area is 141 Å². The van der Waals surface area contributed by atoms with E-state index in [1.807, 2.05) is 0 Å². The van der Waals surface area contributed by atoms with Crippen molar-refractivity contribution in [2.24, 2.45) is 0 Å². The van der Waals surface area contributed by atoms with Crippen LogP contribution >= 0.6 is 0 Å². The smallest absolute Gasteiger partial charge is 0.307 e. The minimum atomic E-state index is -0.589. The molecule has 0 amide bonds. The van der Waals surface area contributed by atoms with Crippen molar-refractivity contribution in [3.8, 4) is 0 Å². The zero-order chi connectivity index (χ0) is 17.4. The molecule has 1 N–H and O–H groups in total. The van der Waals surface area contributed by atoms with Crippen molar-refractivity contribution < 1.29 is 9.53 Å². The Balaban J connectivity index is 1.77. The summed E-state index contributed by atoms with van der Waals surface area (Å²) in [6, 6.07) is 0. The Morgan fingerprint density at radius 2 is 1.96 bits per heavy atom. The molecule has 0 saturated carbocycles. The number of rotatable bonds is 10. The summed E-state index contributed by atoms with van der Waals surface area (Å²) in [5, 5.41) is 4.49. The zero-order valence-electron chi connectivity index (χ0n) is 14.5. The third-order valence-corrected chi connectivity index (χ3v) is 4.03. The number of fused-ring (bicyclic) bond motifs is 1. The fourth-order valence-electron chi connectivity index (χ4n) is 2.67. The van der Waals surface area contributed by atoms with E-state index in [-0.39, 0.29) is 11.5 Å². The lowest BCUT2D eigenvalue weighted by molar-refractivity contribution is -0.153. The quantitative estimate of drug-likeness (QED) is 0.532. The molecule has 1 atom stereocenters. The van der Waals surface area contributed by atoms with Crippen LogP contribution in [0.2, 0.25) is 0 Å². The molecule has 1 unspecified atom stereocenters. The number of esters is 1. The molecule has 0 fully saturated rings. The molecule has 24 heavy (non-hydrogen) atoms. The normalized spacial score (nSPS) is 12.4. The highest BCUT2D eigenvalue weighted by Gasteiger charge is 2.16. The van der Waals surface area contributed by atoms with Gasteiger partial charge in [0.1, 0.15) is 5.39 Å². The van der Waals surface area contributed by atoms with E-state index in [4.69, 9.17) is 4.74 Å². The number of carbonyl (C=O) groups excluding carboxylic acids is 1. The fourth-order valence-corrected chi connectivity index (χ4v) is 2.67. The Morgan fingerprint density at radius 1 is 1.25 bits per heavy atom. The molecule has 7 nitrogen and oxygen atoms in total. The SMILES string of the molecule is CCCCCCCCCC(=O)OC(C)n1ncc2c(=O)[nH]cnc21. The first kappa shape index (κ1) is 18.2. The predicted molar refractivity (Wildman–Crippen MR) is 91.6 cm³/mol. The molecular weight excluding hydrogens is 308 g/mol. The second kappa shape index (κ2) is 9.20. The summed E-state index contributed by atoms with van der Waals surface area (Å²) in [6.07, 6.45) is 10.7. The molecule has 0 spiro atoms. The number of carbonyl (C=O) groups is 1. The van der Waals surface area contributed by atoms with Gasteiger partial charge >= 0.3 is 5.97 Å². The molecule has 7 heteroatoms. The van der Waals surface area contributed by atoms with Crippen molar-refractivity contribution >= 4 is 17.0 Å². The fraction of sp³-hybridized carbons (Fsp3) is 0.647. The van der Waals surface area contributed by atoms with E-state index in [0.29, 0.717) is 17.5 Å². The van der Waals surface area contributed by atoms with Gasteiger partial charge in [0, 0.05) is 6.42 Å². The number of ether oxygens (including phenoxy) is 1. The van der Waals surface area contributed by atoms with Gasteiger partial charge in [-0.2, -0.15) is 5.10 Å². The molecule has 0 aromatic carbocycles. The van der Waals surface area contributed by atoms with Gasteiger partial charge in [0.15, 0.2) is 11.9 Å². The van der Waals surface area contributed by atoms with Crippen molar-refractivity contribution in [3.05, 3.63) is 22.9 Å². The van der Waals surface area contributed by atoms with Crippen LogP contribution in [0.25, 0.3) is 11.0 Å². The van der Waals surface area contributed by atoms with Crippen LogP contribution in [0.3, 0.4) is 0 Å². The highest BCUT2D eigenvalue weighted by molar-refractivity contribution is 5.73. The Morgan fingerprint density at radius 3 is 2.71 bits per heavy atom. The van der Waals surface area contributed by atoms with Crippen LogP contribution in [0.1, 0.15) is 71.4 Å². The Kier molecular flexibility index (Phi) is 6.96. The largest absolute Gasteiger partial charge is 0.440 e. The van der Waals surface area contributed by atoms with E-state index >= 15 is 0 Å². The number of aromatic amines is 1. The van der Waals surface area contributed by atoms with Gasteiger partial charge in [-0.25, -0.2) is 9.67 Å². The molecule has 0 aliphatic heterocycles. The molecule has 2 aromatic heterocycles. The molecule has 0 aliphatic rings. The molecule has 2 heterocycles. The van der Waals surface area contributed by atoms with Crippen molar-refractivity contribution in [2.45, 2.75) is 71.4 Å². The number of hydrogen-bond acceptors (Lipinski definition) is 5. The monoisotopic (exact) mass is 334 g/mol. The lowest BCUT2D eigenvalue weighted by Gasteiger charge is -2.14. The molecule has 0 bridgehead atoms. The molecule has 132 valence electrons. The van der Waals surface area contributed by atoms with Gasteiger partial charge in [-0.15, -0.1) is 0 Å². The van der Waals surface area contributed by atoms with Crippen LogP contribution in [-0.4, -0.2) is 25.7 Å². The third-order valence-electron chi connectivity index (χ3n) is 4.03. The van der Waals surface area contributed by atoms with Gasteiger partial charge in [0.25, 0.3) is 5.56 Å². The Bertz CT molecular complexity index is 707. The zero-order valence-corrected chi connectivity index (χ0v) is 14.5. The summed E-state index contributed by atoms with van der Waals surface area (Å²) in [5.74, 6) is -0.246. The molecular formula is C17H26N4O3. The summed E-state index contributed by atoms with van der Waals surface area (Å²) in [7, 11) is 0. The van der Waals surface area contributed by atoms with E-state index < -0.39 is 6.23 Å². The van der Waals surface area contributed by atoms with Crippen molar-refractivity contribution in [2.75, 3.05) is 0 Å². The van der Waals surface area contributed by atoms with Crippen LogP contribution < -0.4 is 5.56 Å². The van der Waals surface area contributed by atoms with Crippen molar-refractivity contribution in [1.29, 1.82) is 0 Å². The van der Waals surface area contributed by atoms with E-state index in [1.165, 1.54) is 49.3 Å². The maximum atomic E-state index is 11.9. The lowest BCUT2D eigenvalue weighted by atomic mass is 10.1. The van der Waals surface area contributed by atoms with Gasteiger partial charge in [-0.3, -0.25) is 9.59 Å². The number of nitrogens with zero attached hydrogens (tertiary/aromatic N) is 3. The van der Waals surface area contributed by atoms with Crippen LogP contribution in [0.15, 0.2) is 17.3 Å². The number of unbranched alkanes of at least 4 members (excludes halogenated alkanes) is 6. The highest BCUT2D eigenvalue weighted by atomic mass is 16.6. The molecule has 0 aliphatic carbocycles. The average molecular weight is 334 g/mol. The minimum Gasteiger partial charge on any atom is -0.440 e. The summed E-state index contributed by atoms with van der Waals surface area (Å²) in [6.45, 7) is 3.92. The second-order valence-electron chi connectivity index (χ2n) is 6.02. The first-order valence-corrected chi connectivity index (χ1v) is 8.74. The number of H-pyrrole nitrogens is 1. The molecule has 2 rings (SSSR count). The summed E-state index contributed by atoms with van der Waals surface area (Å²) < 4.78 is 6.85. The van der Waals surface area contributed by atoms with Crippen LogP contribution in [0.5, 0.6) is 0 Å². The number of aromatic nitrogens is 4. The third kappa shape index (κ3) is 4.91. The van der Waals surface area contributed by atoms with Gasteiger partial charge < -0.3 is 9.72 Å².